The van der Waals surface area contributed by atoms with E-state index >= 15 is 0 Å². The topological polar surface area (TPSA) is 54.8 Å². The Labute approximate surface area is 143 Å². The van der Waals surface area contributed by atoms with Crippen LogP contribution in [0.3, 0.4) is 0 Å². The average Bonchev–Trinajstić information content (AvgIpc) is 2.63. The maximum atomic E-state index is 4.82. The molecule has 116 valence electrons. The monoisotopic (exact) mass is 367 g/mol. The molecule has 1 aliphatic heterocycles. The first-order chi connectivity index (χ1) is 11.3. The molecule has 0 spiro atoms. The summed E-state index contributed by atoms with van der Waals surface area (Å²) in [7, 11) is 0. The molecule has 2 unspecified atom stereocenters. The Hall–Kier alpha value is -2.00. The van der Waals surface area contributed by atoms with Crippen molar-refractivity contribution in [2.45, 2.75) is 18.8 Å². The van der Waals surface area contributed by atoms with Gasteiger partial charge < -0.3 is 0 Å². The van der Waals surface area contributed by atoms with Crippen LogP contribution < -0.4 is 9.38 Å². The summed E-state index contributed by atoms with van der Waals surface area (Å²) < 4.78 is 0.989. The first kappa shape index (κ1) is 14.6. The normalized spacial score (nSPS) is 18.3. The van der Waals surface area contributed by atoms with Crippen LogP contribution in [0, 0.1) is 0 Å². The molecule has 1 fully saturated rings. The van der Waals surface area contributed by atoms with E-state index in [2.05, 4.69) is 38.1 Å². The molecule has 0 aliphatic carbocycles. The van der Waals surface area contributed by atoms with Crippen molar-refractivity contribution in [2.75, 3.05) is 18.0 Å². The summed E-state index contributed by atoms with van der Waals surface area (Å²) in [5.74, 6) is 1.49. The number of fused-ring (bicyclic) bond motifs is 1. The van der Waals surface area contributed by atoms with Gasteiger partial charge in [0.25, 0.3) is 0 Å². The van der Waals surface area contributed by atoms with E-state index in [1.807, 2.05) is 18.3 Å². The third kappa shape index (κ3) is 2.93. The van der Waals surface area contributed by atoms with Crippen LogP contribution >= 0.6 is 0 Å². The van der Waals surface area contributed by atoms with Gasteiger partial charge in [0.15, 0.2) is 0 Å². The van der Waals surface area contributed by atoms with Crippen LogP contribution in [0.2, 0.25) is 0 Å². The number of pyridine rings is 2. The molecule has 6 heteroatoms. The molecule has 3 aromatic heterocycles. The van der Waals surface area contributed by atoms with Crippen molar-refractivity contribution in [2.24, 2.45) is 0 Å². The van der Waals surface area contributed by atoms with E-state index in [1.54, 1.807) is 6.33 Å². The Morgan fingerprint density at radius 1 is 1.09 bits per heavy atom. The van der Waals surface area contributed by atoms with E-state index in [0.717, 1.165) is 40.8 Å². The van der Waals surface area contributed by atoms with E-state index in [0.29, 0.717) is 5.92 Å². The van der Waals surface area contributed by atoms with Crippen LogP contribution in [0.25, 0.3) is 11.0 Å². The molecule has 4 rings (SSSR count). The zero-order chi connectivity index (χ0) is 15.6. The van der Waals surface area contributed by atoms with E-state index in [4.69, 9.17) is 4.98 Å². The van der Waals surface area contributed by atoms with Gasteiger partial charge in [0.05, 0.1) is 0 Å². The van der Waals surface area contributed by atoms with Gasteiger partial charge in [-0.3, -0.25) is 0 Å². The zero-order valence-electron chi connectivity index (χ0n) is 12.8. The van der Waals surface area contributed by atoms with Crippen LogP contribution in [0.5, 0.6) is 0 Å². The zero-order valence-corrected chi connectivity index (χ0v) is 15.2. The SMILES string of the molecule is [AsH2]c1ncnc2ccc(N3CCCC(c4ccccn4)C3)nc12. The number of anilines is 1. The Morgan fingerprint density at radius 3 is 2.91 bits per heavy atom. The third-order valence-corrected chi connectivity index (χ3v) is 5.23. The van der Waals surface area contributed by atoms with Crippen LogP contribution in [0.4, 0.5) is 5.82 Å². The standard InChI is InChI=1S/C17H18AsN5/c18-17-16-14(20-11-21-17)6-7-15(22-16)23-9-3-4-12(10-23)13-5-1-2-8-19-13/h1-2,5-8,11-12H,3-4,9-10,18H2. The molecule has 1 saturated heterocycles. The average molecular weight is 367 g/mol. The van der Waals surface area contributed by atoms with E-state index in [1.165, 1.54) is 29.0 Å². The van der Waals surface area contributed by atoms with Crippen LogP contribution in [-0.2, 0) is 0 Å². The second kappa shape index (κ2) is 6.24. The molecule has 1 aliphatic rings. The van der Waals surface area contributed by atoms with Crippen molar-refractivity contribution in [1.29, 1.82) is 0 Å². The van der Waals surface area contributed by atoms with E-state index in [9.17, 15) is 0 Å². The second-order valence-electron chi connectivity index (χ2n) is 5.84. The summed E-state index contributed by atoms with van der Waals surface area (Å²) in [6, 6.07) is 10.3. The molecular weight excluding hydrogens is 349 g/mol. The fourth-order valence-corrected chi connectivity index (χ4v) is 3.75. The molecule has 5 nitrogen and oxygen atoms in total. The fourth-order valence-electron chi connectivity index (χ4n) is 3.17. The van der Waals surface area contributed by atoms with Crippen molar-refractivity contribution >= 4 is 38.2 Å². The first-order valence-electron chi connectivity index (χ1n) is 7.84. The van der Waals surface area contributed by atoms with E-state index < -0.39 is 0 Å². The van der Waals surface area contributed by atoms with Crippen LogP contribution in [0.15, 0.2) is 42.9 Å². The van der Waals surface area contributed by atoms with Crippen molar-refractivity contribution in [1.82, 2.24) is 19.9 Å². The number of hydrogen-bond donors (Lipinski definition) is 0. The maximum absolute atomic E-state index is 4.82. The van der Waals surface area contributed by atoms with Gasteiger partial charge in [0.2, 0.25) is 0 Å². The molecular formula is C17H18AsN5. The molecule has 0 radical (unpaired) electrons. The second-order valence-corrected chi connectivity index (χ2v) is 6.98. The minimum atomic E-state index is 0.472. The summed E-state index contributed by atoms with van der Waals surface area (Å²) in [4.78, 5) is 20.3. The van der Waals surface area contributed by atoms with Gasteiger partial charge in [-0.25, -0.2) is 0 Å². The van der Waals surface area contributed by atoms with Crippen molar-refractivity contribution in [3.05, 3.63) is 48.5 Å². The molecule has 4 heterocycles. The van der Waals surface area contributed by atoms with Gasteiger partial charge in [-0.05, 0) is 0 Å². The Bertz CT molecular complexity index is 824. The molecule has 0 amide bonds. The third-order valence-electron chi connectivity index (χ3n) is 4.35. The summed E-state index contributed by atoms with van der Waals surface area (Å²) in [5, 5.41) is 0. The summed E-state index contributed by atoms with van der Waals surface area (Å²) >= 11 is 1.49. The number of nitrogens with zero attached hydrogens (tertiary/aromatic N) is 5. The van der Waals surface area contributed by atoms with Gasteiger partial charge >= 0.3 is 143 Å². The number of piperidine rings is 1. The van der Waals surface area contributed by atoms with Crippen molar-refractivity contribution in [3.8, 4) is 0 Å². The molecule has 3 aromatic rings. The Balaban J connectivity index is 1.64. The van der Waals surface area contributed by atoms with Crippen molar-refractivity contribution in [3.63, 3.8) is 0 Å². The number of rotatable bonds is 2. The predicted octanol–water partition coefficient (Wildman–Crippen LogP) is 1.06. The van der Waals surface area contributed by atoms with E-state index in [-0.39, 0.29) is 0 Å². The molecule has 23 heavy (non-hydrogen) atoms. The summed E-state index contributed by atoms with van der Waals surface area (Å²) in [5.41, 5.74) is 3.02. The molecule has 0 bridgehead atoms. The van der Waals surface area contributed by atoms with Gasteiger partial charge in [-0.2, -0.15) is 0 Å². The molecule has 0 N–H and O–H groups in total. The van der Waals surface area contributed by atoms with Gasteiger partial charge in [-0.1, -0.05) is 0 Å². The van der Waals surface area contributed by atoms with Gasteiger partial charge in [0, 0.05) is 0 Å². The molecule has 0 saturated carbocycles. The Morgan fingerprint density at radius 2 is 2.04 bits per heavy atom. The van der Waals surface area contributed by atoms with Gasteiger partial charge in [0.1, 0.15) is 0 Å². The minimum absolute atomic E-state index is 0.472. The number of aromatic nitrogens is 4. The van der Waals surface area contributed by atoms with Crippen LogP contribution in [0.1, 0.15) is 24.5 Å². The quantitative estimate of drug-likeness (QED) is 0.634. The first-order valence-corrected chi connectivity index (χ1v) is 9.05. The fraction of sp³-hybridized carbons (Fsp3) is 0.294. The molecule has 0 aromatic carbocycles. The Kier molecular flexibility index (Phi) is 3.96. The van der Waals surface area contributed by atoms with Gasteiger partial charge in [-0.15, -0.1) is 0 Å². The predicted molar refractivity (Wildman–Crippen MR) is 93.9 cm³/mol. The molecule has 2 atom stereocenters. The summed E-state index contributed by atoms with van der Waals surface area (Å²) in [6.07, 6.45) is 5.84. The summed E-state index contributed by atoms with van der Waals surface area (Å²) in [6.45, 7) is 2.01. The van der Waals surface area contributed by atoms with Crippen molar-refractivity contribution < 1.29 is 0 Å². The number of hydrogen-bond acceptors (Lipinski definition) is 5. The van der Waals surface area contributed by atoms with Crippen LogP contribution in [-0.4, -0.2) is 49.9 Å².